The lowest BCUT2D eigenvalue weighted by molar-refractivity contribution is -0.0443. The number of aromatic nitrogens is 1. The lowest BCUT2D eigenvalue weighted by Gasteiger charge is -2.40. The monoisotopic (exact) mass is 278 g/mol. The Morgan fingerprint density at radius 2 is 2.30 bits per heavy atom. The van der Waals surface area contributed by atoms with E-state index in [4.69, 9.17) is 9.47 Å². The molecule has 5 nitrogen and oxygen atoms in total. The Kier molecular flexibility index (Phi) is 4.60. The molecule has 0 spiro atoms. The minimum atomic E-state index is -0.327. The summed E-state index contributed by atoms with van der Waals surface area (Å²) in [6.45, 7) is 8.74. The van der Waals surface area contributed by atoms with Gasteiger partial charge in [0.1, 0.15) is 5.82 Å². The van der Waals surface area contributed by atoms with Crippen LogP contribution < -0.4 is 4.90 Å². The maximum atomic E-state index is 11.6. The Morgan fingerprint density at radius 3 is 2.90 bits per heavy atom. The molecule has 1 atom stereocenters. The van der Waals surface area contributed by atoms with Crippen LogP contribution in [0.1, 0.15) is 37.6 Å². The Hall–Kier alpha value is -1.62. The van der Waals surface area contributed by atoms with Crippen LogP contribution in [0, 0.1) is 0 Å². The van der Waals surface area contributed by atoms with Gasteiger partial charge in [-0.15, -0.1) is 0 Å². The third-order valence-electron chi connectivity index (χ3n) is 3.67. The van der Waals surface area contributed by atoms with Gasteiger partial charge in [0.25, 0.3) is 0 Å². The molecule has 1 aliphatic heterocycles. The molecule has 0 amide bonds. The topological polar surface area (TPSA) is 51.7 Å². The molecule has 2 rings (SSSR count). The van der Waals surface area contributed by atoms with Gasteiger partial charge in [-0.25, -0.2) is 9.78 Å². The molecule has 0 N–H and O–H groups in total. The first kappa shape index (κ1) is 14.8. The molecule has 2 heterocycles. The van der Waals surface area contributed by atoms with Crippen molar-refractivity contribution in [3.05, 3.63) is 23.9 Å². The molecule has 0 saturated carbocycles. The van der Waals surface area contributed by atoms with Gasteiger partial charge in [-0.1, -0.05) is 6.92 Å². The second kappa shape index (κ2) is 6.22. The fraction of sp³-hybridized carbons (Fsp3) is 0.600. The predicted octanol–water partition coefficient (Wildman–Crippen LogP) is 2.26. The summed E-state index contributed by atoms with van der Waals surface area (Å²) in [5.74, 6) is 0.549. The van der Waals surface area contributed by atoms with E-state index in [0.717, 1.165) is 25.3 Å². The molecular weight excluding hydrogens is 256 g/mol. The van der Waals surface area contributed by atoms with Gasteiger partial charge < -0.3 is 14.4 Å². The van der Waals surface area contributed by atoms with Crippen LogP contribution in [0.3, 0.4) is 0 Å². The summed E-state index contributed by atoms with van der Waals surface area (Å²) < 4.78 is 10.8. The smallest absolute Gasteiger partial charge is 0.339 e. The summed E-state index contributed by atoms with van der Waals surface area (Å²) in [7, 11) is 0. The van der Waals surface area contributed by atoms with E-state index in [1.165, 1.54) is 0 Å². The van der Waals surface area contributed by atoms with E-state index >= 15 is 0 Å². The van der Waals surface area contributed by atoms with E-state index in [2.05, 4.69) is 23.7 Å². The van der Waals surface area contributed by atoms with E-state index in [9.17, 15) is 4.79 Å². The summed E-state index contributed by atoms with van der Waals surface area (Å²) in [5.41, 5.74) is 0.363. The Bertz CT molecular complexity index is 461. The highest BCUT2D eigenvalue weighted by Gasteiger charge is 2.30. The van der Waals surface area contributed by atoms with Crippen LogP contribution in [0.5, 0.6) is 0 Å². The number of anilines is 1. The quantitative estimate of drug-likeness (QED) is 0.791. The number of carbonyl (C=O) groups excluding carboxylic acids is 1. The zero-order valence-electron chi connectivity index (χ0n) is 12.4. The van der Waals surface area contributed by atoms with Gasteiger partial charge in [0, 0.05) is 19.3 Å². The van der Waals surface area contributed by atoms with Crippen LogP contribution in [0.2, 0.25) is 0 Å². The Balaban J connectivity index is 2.08. The summed E-state index contributed by atoms with van der Waals surface area (Å²) in [6, 6.07) is 3.63. The normalized spacial score (nSPS) is 22.6. The van der Waals surface area contributed by atoms with Crippen molar-refractivity contribution in [2.24, 2.45) is 0 Å². The highest BCUT2D eigenvalue weighted by Crippen LogP contribution is 2.24. The van der Waals surface area contributed by atoms with E-state index in [0.29, 0.717) is 18.8 Å². The lowest BCUT2D eigenvalue weighted by atomic mass is 10.0. The van der Waals surface area contributed by atoms with Gasteiger partial charge in [0.15, 0.2) is 0 Å². The Labute approximate surface area is 119 Å². The third-order valence-corrected chi connectivity index (χ3v) is 3.67. The number of rotatable bonds is 4. The van der Waals surface area contributed by atoms with Crippen LogP contribution in [0.4, 0.5) is 5.82 Å². The van der Waals surface area contributed by atoms with Crippen molar-refractivity contribution < 1.29 is 14.3 Å². The van der Waals surface area contributed by atoms with Crippen molar-refractivity contribution in [2.45, 2.75) is 32.8 Å². The number of morpholine rings is 1. The van der Waals surface area contributed by atoms with Crippen LogP contribution in [0.25, 0.3) is 0 Å². The first-order chi connectivity index (χ1) is 9.58. The molecule has 1 saturated heterocycles. The van der Waals surface area contributed by atoms with E-state index in [1.807, 2.05) is 6.07 Å². The molecule has 1 fully saturated rings. The second-order valence-corrected chi connectivity index (χ2v) is 5.20. The standard InChI is InChI=1S/C15H22N2O3/c1-4-15(3)11-17(8-9-20-15)13-7-6-12(10-16-13)14(18)19-5-2/h6-7,10H,4-5,8-9,11H2,1-3H3. The number of hydrogen-bond donors (Lipinski definition) is 0. The first-order valence-corrected chi connectivity index (χ1v) is 7.10. The lowest BCUT2D eigenvalue weighted by Crippen LogP contribution is -2.50. The summed E-state index contributed by atoms with van der Waals surface area (Å²) in [5, 5.41) is 0. The Morgan fingerprint density at radius 1 is 1.50 bits per heavy atom. The first-order valence-electron chi connectivity index (χ1n) is 7.10. The van der Waals surface area contributed by atoms with Crippen molar-refractivity contribution in [3.8, 4) is 0 Å². The maximum absolute atomic E-state index is 11.6. The van der Waals surface area contributed by atoms with E-state index in [1.54, 1.807) is 19.2 Å². The SMILES string of the molecule is CCOC(=O)c1ccc(N2CCOC(C)(CC)C2)nc1. The molecule has 0 bridgehead atoms. The molecular formula is C15H22N2O3. The van der Waals surface area contributed by atoms with Gasteiger partial charge in [0.2, 0.25) is 0 Å². The zero-order valence-corrected chi connectivity index (χ0v) is 12.4. The highest BCUT2D eigenvalue weighted by atomic mass is 16.5. The van der Waals surface area contributed by atoms with Crippen molar-refractivity contribution in [1.82, 2.24) is 4.98 Å². The number of esters is 1. The maximum Gasteiger partial charge on any atom is 0.339 e. The molecule has 0 radical (unpaired) electrons. The fourth-order valence-electron chi connectivity index (χ4n) is 2.25. The number of hydrogen-bond acceptors (Lipinski definition) is 5. The van der Waals surface area contributed by atoms with Crippen molar-refractivity contribution in [2.75, 3.05) is 31.2 Å². The number of carbonyl (C=O) groups is 1. The van der Waals surface area contributed by atoms with Crippen LogP contribution in [-0.4, -0.2) is 42.9 Å². The average Bonchev–Trinajstić information content (AvgIpc) is 2.48. The van der Waals surface area contributed by atoms with Crippen molar-refractivity contribution in [3.63, 3.8) is 0 Å². The summed E-state index contributed by atoms with van der Waals surface area (Å²) >= 11 is 0. The summed E-state index contributed by atoms with van der Waals surface area (Å²) in [6.07, 6.45) is 2.54. The molecule has 20 heavy (non-hydrogen) atoms. The van der Waals surface area contributed by atoms with Crippen LogP contribution in [0.15, 0.2) is 18.3 Å². The molecule has 0 aromatic carbocycles. The molecule has 1 aliphatic rings. The molecule has 110 valence electrons. The molecule has 0 aliphatic carbocycles. The molecule has 1 aromatic heterocycles. The average molecular weight is 278 g/mol. The van der Waals surface area contributed by atoms with E-state index in [-0.39, 0.29) is 11.6 Å². The molecule has 1 unspecified atom stereocenters. The third kappa shape index (κ3) is 3.28. The second-order valence-electron chi connectivity index (χ2n) is 5.20. The molecule has 5 heteroatoms. The van der Waals surface area contributed by atoms with Crippen molar-refractivity contribution in [1.29, 1.82) is 0 Å². The number of nitrogens with zero attached hydrogens (tertiary/aromatic N) is 2. The number of ether oxygens (including phenoxy) is 2. The minimum Gasteiger partial charge on any atom is -0.462 e. The van der Waals surface area contributed by atoms with Crippen LogP contribution >= 0.6 is 0 Å². The van der Waals surface area contributed by atoms with Crippen LogP contribution in [-0.2, 0) is 9.47 Å². The summed E-state index contributed by atoms with van der Waals surface area (Å²) in [4.78, 5) is 18.2. The highest BCUT2D eigenvalue weighted by molar-refractivity contribution is 5.89. The van der Waals surface area contributed by atoms with Gasteiger partial charge in [-0.2, -0.15) is 0 Å². The zero-order chi connectivity index (χ0) is 14.6. The van der Waals surface area contributed by atoms with Gasteiger partial charge >= 0.3 is 5.97 Å². The molecule has 1 aromatic rings. The number of pyridine rings is 1. The van der Waals surface area contributed by atoms with Gasteiger partial charge in [0.05, 0.1) is 24.4 Å². The van der Waals surface area contributed by atoms with Gasteiger partial charge in [-0.05, 0) is 32.4 Å². The van der Waals surface area contributed by atoms with E-state index < -0.39 is 0 Å². The largest absolute Gasteiger partial charge is 0.462 e. The van der Waals surface area contributed by atoms with Gasteiger partial charge in [-0.3, -0.25) is 0 Å². The minimum absolute atomic E-state index is 0.125. The fourth-order valence-corrected chi connectivity index (χ4v) is 2.25. The van der Waals surface area contributed by atoms with Crippen molar-refractivity contribution >= 4 is 11.8 Å². The predicted molar refractivity (Wildman–Crippen MR) is 77.1 cm³/mol.